The lowest BCUT2D eigenvalue weighted by Gasteiger charge is -2.33. The van der Waals surface area contributed by atoms with Gasteiger partial charge in [0, 0.05) is 31.8 Å². The molecule has 2 aliphatic rings. The number of pyridine rings is 2. The molecule has 9 nitrogen and oxygen atoms in total. The third kappa shape index (κ3) is 4.70. The minimum Gasteiger partial charge on any atom is -0.376 e. The summed E-state index contributed by atoms with van der Waals surface area (Å²) >= 11 is 0. The van der Waals surface area contributed by atoms with Gasteiger partial charge in [-0.2, -0.15) is 0 Å². The lowest BCUT2D eigenvalue weighted by Crippen LogP contribution is -2.38. The summed E-state index contributed by atoms with van der Waals surface area (Å²) in [6, 6.07) is 3.46. The van der Waals surface area contributed by atoms with E-state index in [1.54, 1.807) is 25.6 Å². The molecule has 2 aliphatic heterocycles. The summed E-state index contributed by atoms with van der Waals surface area (Å²) in [6.45, 7) is 3.90. The average molecular weight is 416 g/mol. The molecule has 0 saturated carbocycles. The van der Waals surface area contributed by atoms with Crippen LogP contribution in [0.4, 0.5) is 5.69 Å². The molecule has 0 aromatic carbocycles. The van der Waals surface area contributed by atoms with Crippen molar-refractivity contribution in [2.75, 3.05) is 51.5 Å². The Labute approximate surface area is 175 Å². The minimum absolute atomic E-state index is 0.00577. The number of amides is 1. The molecule has 4 heterocycles. The van der Waals surface area contributed by atoms with Gasteiger partial charge in [0.1, 0.15) is 17.9 Å². The summed E-state index contributed by atoms with van der Waals surface area (Å²) in [5.41, 5.74) is 7.33. The third-order valence-corrected chi connectivity index (χ3v) is 5.67. The van der Waals surface area contributed by atoms with E-state index >= 15 is 0 Å². The second kappa shape index (κ2) is 9.65. The van der Waals surface area contributed by atoms with Gasteiger partial charge in [0.15, 0.2) is 0 Å². The molecule has 162 valence electrons. The van der Waals surface area contributed by atoms with E-state index in [0.29, 0.717) is 26.4 Å². The van der Waals surface area contributed by atoms with Crippen molar-refractivity contribution in [2.24, 2.45) is 5.73 Å². The van der Waals surface area contributed by atoms with Crippen molar-refractivity contribution < 1.29 is 23.7 Å². The van der Waals surface area contributed by atoms with Crippen LogP contribution in [0.5, 0.6) is 0 Å². The van der Waals surface area contributed by atoms with E-state index in [2.05, 4.69) is 14.9 Å². The highest BCUT2D eigenvalue weighted by molar-refractivity contribution is 5.96. The zero-order valence-electron chi connectivity index (χ0n) is 17.2. The van der Waals surface area contributed by atoms with Crippen molar-refractivity contribution in [1.29, 1.82) is 0 Å². The second-order valence-electron chi connectivity index (χ2n) is 7.57. The lowest BCUT2D eigenvalue weighted by atomic mass is 10.1. The first-order valence-electron chi connectivity index (χ1n) is 10.3. The fourth-order valence-corrected chi connectivity index (χ4v) is 3.97. The summed E-state index contributed by atoms with van der Waals surface area (Å²) in [7, 11) is 1.68. The second-order valence-corrected chi connectivity index (χ2v) is 7.57. The molecule has 1 amide bonds. The standard InChI is InChI=1S/C21H28N4O5/c1-27-18-12-28-13-19(18)30-9-8-29-15-4-6-25(7-5-15)17-11-23-10-14-2-3-16(21(22)26)24-20(14)17/h2-3,10-11,15,18-19H,4-9,12-13H2,1H3,(H2,22,26)/t18-,19-/m1/s1. The van der Waals surface area contributed by atoms with E-state index in [9.17, 15) is 4.79 Å². The van der Waals surface area contributed by atoms with E-state index < -0.39 is 5.91 Å². The molecule has 0 unspecified atom stereocenters. The Hall–Kier alpha value is -2.33. The molecular formula is C21H28N4O5. The summed E-state index contributed by atoms with van der Waals surface area (Å²) in [4.78, 5) is 22.5. The van der Waals surface area contributed by atoms with E-state index in [0.717, 1.165) is 42.5 Å². The van der Waals surface area contributed by atoms with Gasteiger partial charge in [-0.05, 0) is 25.0 Å². The quantitative estimate of drug-likeness (QED) is 0.638. The molecule has 2 aromatic rings. The van der Waals surface area contributed by atoms with Gasteiger partial charge in [-0.25, -0.2) is 4.98 Å². The van der Waals surface area contributed by atoms with Crippen LogP contribution in [0.1, 0.15) is 23.3 Å². The number of methoxy groups -OCH3 is 1. The topological polar surface area (TPSA) is 109 Å². The average Bonchev–Trinajstić information content (AvgIpc) is 3.24. The van der Waals surface area contributed by atoms with Crippen LogP contribution < -0.4 is 10.6 Å². The molecule has 30 heavy (non-hydrogen) atoms. The SMILES string of the molecule is CO[C@@H]1COC[C@H]1OCCOC1CCN(c2cncc3ccc(C(N)=O)nc23)CC1. The number of ether oxygens (including phenoxy) is 4. The van der Waals surface area contributed by atoms with Crippen molar-refractivity contribution in [3.63, 3.8) is 0 Å². The van der Waals surface area contributed by atoms with Crippen LogP contribution in [-0.4, -0.2) is 80.8 Å². The Bertz CT molecular complexity index is 872. The molecule has 2 atom stereocenters. The Morgan fingerprint density at radius 3 is 2.70 bits per heavy atom. The van der Waals surface area contributed by atoms with E-state index in [-0.39, 0.29) is 24.0 Å². The predicted octanol–water partition coefficient (Wildman–Crippen LogP) is 1.14. The first-order chi connectivity index (χ1) is 14.7. The van der Waals surface area contributed by atoms with Crippen LogP contribution >= 0.6 is 0 Å². The number of rotatable bonds is 8. The zero-order valence-corrected chi connectivity index (χ0v) is 17.2. The van der Waals surface area contributed by atoms with Gasteiger partial charge in [0.05, 0.1) is 49.9 Å². The van der Waals surface area contributed by atoms with E-state index in [1.807, 2.05) is 6.07 Å². The summed E-state index contributed by atoms with van der Waals surface area (Å²) in [5.74, 6) is -0.532. The fraction of sp³-hybridized carbons (Fsp3) is 0.571. The van der Waals surface area contributed by atoms with Crippen molar-refractivity contribution in [2.45, 2.75) is 31.2 Å². The van der Waals surface area contributed by atoms with E-state index in [1.165, 1.54) is 0 Å². The zero-order chi connectivity index (χ0) is 20.9. The van der Waals surface area contributed by atoms with Gasteiger partial charge >= 0.3 is 0 Å². The van der Waals surface area contributed by atoms with Gasteiger partial charge in [0.25, 0.3) is 5.91 Å². The number of carbonyl (C=O) groups excluding carboxylic acids is 1. The first-order valence-corrected chi connectivity index (χ1v) is 10.3. The number of hydrogen-bond acceptors (Lipinski definition) is 8. The lowest BCUT2D eigenvalue weighted by molar-refractivity contribution is -0.0613. The highest BCUT2D eigenvalue weighted by Crippen LogP contribution is 2.27. The minimum atomic E-state index is -0.532. The van der Waals surface area contributed by atoms with Crippen molar-refractivity contribution >= 4 is 22.5 Å². The predicted molar refractivity (Wildman–Crippen MR) is 111 cm³/mol. The Balaban J connectivity index is 1.28. The Morgan fingerprint density at radius 2 is 1.93 bits per heavy atom. The first kappa shape index (κ1) is 20.9. The molecule has 0 aliphatic carbocycles. The molecule has 2 fully saturated rings. The van der Waals surface area contributed by atoms with Crippen molar-refractivity contribution in [3.8, 4) is 0 Å². The van der Waals surface area contributed by atoms with Crippen LogP contribution in [0.3, 0.4) is 0 Å². The number of aromatic nitrogens is 2. The number of primary amides is 1. The molecule has 2 N–H and O–H groups in total. The van der Waals surface area contributed by atoms with Gasteiger partial charge in [-0.15, -0.1) is 0 Å². The maximum Gasteiger partial charge on any atom is 0.267 e. The number of nitrogens with zero attached hydrogens (tertiary/aromatic N) is 3. The maximum atomic E-state index is 11.5. The Morgan fingerprint density at radius 1 is 1.17 bits per heavy atom. The number of nitrogens with two attached hydrogens (primary N) is 1. The van der Waals surface area contributed by atoms with E-state index in [4.69, 9.17) is 24.7 Å². The van der Waals surface area contributed by atoms with Crippen molar-refractivity contribution in [3.05, 3.63) is 30.2 Å². The highest BCUT2D eigenvalue weighted by atomic mass is 16.6. The molecule has 0 bridgehead atoms. The molecule has 0 spiro atoms. The maximum absolute atomic E-state index is 11.5. The summed E-state index contributed by atoms with van der Waals surface area (Å²) in [6.07, 6.45) is 5.53. The molecule has 0 radical (unpaired) electrons. The van der Waals surface area contributed by atoms with Gasteiger partial charge in [-0.3, -0.25) is 9.78 Å². The normalized spacial score (nSPS) is 22.6. The number of anilines is 1. The third-order valence-electron chi connectivity index (χ3n) is 5.67. The van der Waals surface area contributed by atoms with Crippen LogP contribution in [0.15, 0.2) is 24.5 Å². The van der Waals surface area contributed by atoms with Gasteiger partial charge < -0.3 is 29.6 Å². The van der Waals surface area contributed by atoms with Crippen LogP contribution in [0.25, 0.3) is 10.9 Å². The summed E-state index contributed by atoms with van der Waals surface area (Å²) in [5, 5.41) is 0.887. The molecule has 2 saturated heterocycles. The molecule has 4 rings (SSSR count). The molecule has 2 aromatic heterocycles. The monoisotopic (exact) mass is 416 g/mol. The van der Waals surface area contributed by atoms with Crippen LogP contribution in [-0.2, 0) is 18.9 Å². The summed E-state index contributed by atoms with van der Waals surface area (Å²) < 4.78 is 22.6. The molecular weight excluding hydrogens is 388 g/mol. The van der Waals surface area contributed by atoms with Crippen LogP contribution in [0.2, 0.25) is 0 Å². The highest BCUT2D eigenvalue weighted by Gasteiger charge is 2.29. The number of hydrogen-bond donors (Lipinski definition) is 1. The molecule has 9 heteroatoms. The van der Waals surface area contributed by atoms with Gasteiger partial charge in [0.2, 0.25) is 0 Å². The van der Waals surface area contributed by atoms with Gasteiger partial charge in [-0.1, -0.05) is 0 Å². The van der Waals surface area contributed by atoms with Crippen molar-refractivity contribution in [1.82, 2.24) is 9.97 Å². The Kier molecular flexibility index (Phi) is 6.73. The largest absolute Gasteiger partial charge is 0.376 e. The fourth-order valence-electron chi connectivity index (χ4n) is 3.97. The van der Waals surface area contributed by atoms with Crippen LogP contribution in [0, 0.1) is 0 Å². The number of piperidine rings is 1. The smallest absolute Gasteiger partial charge is 0.267 e. The number of fused-ring (bicyclic) bond motifs is 1. The number of carbonyl (C=O) groups is 1.